The number of benzene rings is 1. The SMILES string of the molecule is CNCC1CCN(C(=O)c2nnn(-c3ccc(OC(C)C)cc3)c2C)CC1.Cl. The molecule has 0 bridgehead atoms. The normalized spacial score (nSPS) is 14.8. The second-order valence-electron chi connectivity index (χ2n) is 7.39. The number of nitrogens with zero attached hydrogens (tertiary/aromatic N) is 4. The van der Waals surface area contributed by atoms with Crippen molar-refractivity contribution in [2.45, 2.75) is 39.7 Å². The summed E-state index contributed by atoms with van der Waals surface area (Å²) in [5, 5.41) is 11.6. The molecule has 1 aromatic heterocycles. The largest absolute Gasteiger partial charge is 0.491 e. The number of carbonyl (C=O) groups excluding carboxylic acids is 1. The van der Waals surface area contributed by atoms with E-state index in [4.69, 9.17) is 4.74 Å². The third-order valence-electron chi connectivity index (χ3n) is 4.94. The summed E-state index contributed by atoms with van der Waals surface area (Å²) in [6.45, 7) is 8.44. The van der Waals surface area contributed by atoms with Crippen LogP contribution in [0.15, 0.2) is 24.3 Å². The average Bonchev–Trinajstić information content (AvgIpc) is 3.04. The van der Waals surface area contributed by atoms with Crippen LogP contribution in [-0.2, 0) is 0 Å². The second kappa shape index (κ2) is 9.89. The lowest BCUT2D eigenvalue weighted by atomic mass is 9.96. The van der Waals surface area contributed by atoms with Gasteiger partial charge in [-0.15, -0.1) is 17.5 Å². The van der Waals surface area contributed by atoms with E-state index in [9.17, 15) is 4.79 Å². The van der Waals surface area contributed by atoms with Crippen LogP contribution < -0.4 is 10.1 Å². The van der Waals surface area contributed by atoms with Crippen molar-refractivity contribution >= 4 is 18.3 Å². The first-order chi connectivity index (χ1) is 13.0. The molecule has 0 unspecified atom stereocenters. The van der Waals surface area contributed by atoms with E-state index in [0.29, 0.717) is 11.6 Å². The van der Waals surface area contributed by atoms with Gasteiger partial charge in [-0.2, -0.15) is 0 Å². The Hall–Kier alpha value is -2.12. The van der Waals surface area contributed by atoms with E-state index in [2.05, 4.69) is 15.6 Å². The van der Waals surface area contributed by atoms with Crippen LogP contribution in [0.3, 0.4) is 0 Å². The number of hydrogen-bond donors (Lipinski definition) is 1. The van der Waals surface area contributed by atoms with Crippen molar-refractivity contribution in [3.05, 3.63) is 35.7 Å². The van der Waals surface area contributed by atoms with Crippen molar-refractivity contribution < 1.29 is 9.53 Å². The number of rotatable bonds is 6. The molecule has 28 heavy (non-hydrogen) atoms. The molecule has 0 saturated carbocycles. The molecule has 1 aliphatic heterocycles. The molecule has 1 fully saturated rings. The summed E-state index contributed by atoms with van der Waals surface area (Å²) in [4.78, 5) is 14.8. The van der Waals surface area contributed by atoms with Crippen LogP contribution in [0.5, 0.6) is 5.75 Å². The molecule has 8 heteroatoms. The first-order valence-electron chi connectivity index (χ1n) is 9.63. The number of nitrogens with one attached hydrogen (secondary N) is 1. The van der Waals surface area contributed by atoms with Crippen LogP contribution in [-0.4, -0.2) is 58.6 Å². The molecule has 1 saturated heterocycles. The van der Waals surface area contributed by atoms with Gasteiger partial charge in [0.05, 0.1) is 17.5 Å². The minimum atomic E-state index is -0.0265. The van der Waals surface area contributed by atoms with Gasteiger partial charge in [0.15, 0.2) is 5.69 Å². The highest BCUT2D eigenvalue weighted by Gasteiger charge is 2.27. The third kappa shape index (κ3) is 5.02. The molecule has 3 rings (SSSR count). The van der Waals surface area contributed by atoms with Crippen LogP contribution in [0.1, 0.15) is 42.9 Å². The fraction of sp³-hybridized carbons (Fsp3) is 0.550. The third-order valence-corrected chi connectivity index (χ3v) is 4.94. The molecule has 7 nitrogen and oxygen atoms in total. The molecule has 0 aliphatic carbocycles. The Morgan fingerprint density at radius 1 is 1.25 bits per heavy atom. The number of halogens is 1. The van der Waals surface area contributed by atoms with Gasteiger partial charge in [-0.25, -0.2) is 4.68 Å². The summed E-state index contributed by atoms with van der Waals surface area (Å²) in [6.07, 6.45) is 2.18. The number of ether oxygens (including phenoxy) is 1. The maximum absolute atomic E-state index is 12.9. The van der Waals surface area contributed by atoms with Crippen molar-refractivity contribution in [3.8, 4) is 11.4 Å². The highest BCUT2D eigenvalue weighted by Crippen LogP contribution is 2.21. The fourth-order valence-electron chi connectivity index (χ4n) is 3.49. The quantitative estimate of drug-likeness (QED) is 0.797. The standard InChI is InChI=1S/C20H29N5O2.ClH/c1-14(2)27-18-7-5-17(6-8-18)25-15(3)19(22-23-25)20(26)24-11-9-16(10-12-24)13-21-4;/h5-8,14,16,21H,9-13H2,1-4H3;1H. The molecule has 0 spiro atoms. The van der Waals surface area contributed by atoms with E-state index in [1.807, 2.05) is 57.0 Å². The molecular formula is C20H30ClN5O2. The van der Waals surface area contributed by atoms with E-state index in [0.717, 1.165) is 49.6 Å². The van der Waals surface area contributed by atoms with Crippen LogP contribution in [0, 0.1) is 12.8 Å². The molecule has 0 atom stereocenters. The van der Waals surface area contributed by atoms with Crippen molar-refractivity contribution in [1.29, 1.82) is 0 Å². The highest BCUT2D eigenvalue weighted by molar-refractivity contribution is 5.93. The number of carbonyl (C=O) groups is 1. The Morgan fingerprint density at radius 3 is 2.46 bits per heavy atom. The van der Waals surface area contributed by atoms with Gasteiger partial charge in [0.2, 0.25) is 0 Å². The fourth-order valence-corrected chi connectivity index (χ4v) is 3.49. The van der Waals surface area contributed by atoms with Crippen LogP contribution >= 0.6 is 12.4 Å². The number of piperidine rings is 1. The van der Waals surface area contributed by atoms with Gasteiger partial charge in [-0.3, -0.25) is 4.79 Å². The lowest BCUT2D eigenvalue weighted by molar-refractivity contribution is 0.0684. The Kier molecular flexibility index (Phi) is 7.83. The number of aromatic nitrogens is 3. The van der Waals surface area contributed by atoms with Gasteiger partial charge in [0.1, 0.15) is 5.75 Å². The molecule has 2 heterocycles. The van der Waals surface area contributed by atoms with E-state index >= 15 is 0 Å². The number of hydrogen-bond acceptors (Lipinski definition) is 5. The summed E-state index contributed by atoms with van der Waals surface area (Å²) in [5.74, 6) is 1.43. The number of amides is 1. The first-order valence-corrected chi connectivity index (χ1v) is 9.63. The molecule has 2 aromatic rings. The predicted octanol–water partition coefficient (Wildman–Crippen LogP) is 2.86. The van der Waals surface area contributed by atoms with Gasteiger partial charge in [0, 0.05) is 13.1 Å². The first kappa shape index (κ1) is 22.2. The summed E-state index contributed by atoms with van der Waals surface area (Å²) in [5.41, 5.74) is 2.06. The van der Waals surface area contributed by atoms with Gasteiger partial charge in [-0.05, 0) is 77.4 Å². The van der Waals surface area contributed by atoms with E-state index in [1.165, 1.54) is 0 Å². The van der Waals surface area contributed by atoms with Crippen molar-refractivity contribution in [2.24, 2.45) is 5.92 Å². The zero-order chi connectivity index (χ0) is 19.4. The smallest absolute Gasteiger partial charge is 0.276 e. The monoisotopic (exact) mass is 407 g/mol. The highest BCUT2D eigenvalue weighted by atomic mass is 35.5. The Balaban J connectivity index is 0.00000280. The second-order valence-corrected chi connectivity index (χ2v) is 7.39. The maximum Gasteiger partial charge on any atom is 0.276 e. The lowest BCUT2D eigenvalue weighted by Gasteiger charge is -2.31. The minimum Gasteiger partial charge on any atom is -0.491 e. The molecule has 154 valence electrons. The topological polar surface area (TPSA) is 72.3 Å². The average molecular weight is 408 g/mol. The zero-order valence-corrected chi connectivity index (χ0v) is 17.8. The van der Waals surface area contributed by atoms with Gasteiger partial charge >= 0.3 is 0 Å². The van der Waals surface area contributed by atoms with E-state index in [1.54, 1.807) is 4.68 Å². The molecule has 1 aliphatic rings. The van der Waals surface area contributed by atoms with Crippen molar-refractivity contribution in [2.75, 3.05) is 26.7 Å². The van der Waals surface area contributed by atoms with Gasteiger partial charge in [-0.1, -0.05) is 5.21 Å². The van der Waals surface area contributed by atoms with E-state index in [-0.39, 0.29) is 24.4 Å². The van der Waals surface area contributed by atoms with Crippen LogP contribution in [0.4, 0.5) is 0 Å². The van der Waals surface area contributed by atoms with Crippen LogP contribution in [0.2, 0.25) is 0 Å². The van der Waals surface area contributed by atoms with Gasteiger partial charge in [0.25, 0.3) is 5.91 Å². The molecule has 1 amide bonds. The zero-order valence-electron chi connectivity index (χ0n) is 17.0. The molecular weight excluding hydrogens is 378 g/mol. The molecule has 1 N–H and O–H groups in total. The Bertz CT molecular complexity index is 767. The van der Waals surface area contributed by atoms with Crippen LogP contribution in [0.25, 0.3) is 5.69 Å². The van der Waals surface area contributed by atoms with Crippen molar-refractivity contribution in [1.82, 2.24) is 25.2 Å². The van der Waals surface area contributed by atoms with Gasteiger partial charge < -0.3 is 15.0 Å². The minimum absolute atomic E-state index is 0. The number of likely N-dealkylation sites (tertiary alicyclic amines) is 1. The van der Waals surface area contributed by atoms with E-state index < -0.39 is 0 Å². The predicted molar refractivity (Wildman–Crippen MR) is 112 cm³/mol. The summed E-state index contributed by atoms with van der Waals surface area (Å²) in [6, 6.07) is 7.67. The maximum atomic E-state index is 12.9. The molecule has 1 aromatic carbocycles. The van der Waals surface area contributed by atoms with Crippen molar-refractivity contribution in [3.63, 3.8) is 0 Å². The summed E-state index contributed by atoms with van der Waals surface area (Å²) < 4.78 is 7.38. The summed E-state index contributed by atoms with van der Waals surface area (Å²) in [7, 11) is 1.97. The summed E-state index contributed by atoms with van der Waals surface area (Å²) >= 11 is 0. The Labute approximate surface area is 172 Å². The molecule has 0 radical (unpaired) electrons. The lowest BCUT2D eigenvalue weighted by Crippen LogP contribution is -2.40. The Morgan fingerprint density at radius 2 is 1.89 bits per heavy atom.